The lowest BCUT2D eigenvalue weighted by Gasteiger charge is -2.32. The van der Waals surface area contributed by atoms with Crippen LogP contribution in [0.5, 0.6) is 0 Å². The number of anilines is 1. The van der Waals surface area contributed by atoms with Crippen molar-refractivity contribution in [2.24, 2.45) is 0 Å². The monoisotopic (exact) mass is 338 g/mol. The second-order valence-corrected chi connectivity index (χ2v) is 8.03. The fraction of sp³-hybridized carbons (Fsp3) is 0.429. The summed E-state index contributed by atoms with van der Waals surface area (Å²) in [5.41, 5.74) is 0. The summed E-state index contributed by atoms with van der Waals surface area (Å²) in [4.78, 5) is 11.1. The number of rotatable bonds is 4. The largest absolute Gasteiger partial charge is 0.356 e. The van der Waals surface area contributed by atoms with E-state index in [1.54, 1.807) is 23.5 Å². The van der Waals surface area contributed by atoms with Crippen LogP contribution in [0.15, 0.2) is 34.8 Å². The predicted octanol–water partition coefficient (Wildman–Crippen LogP) is 1.83. The molecule has 2 aromatic heterocycles. The maximum absolute atomic E-state index is 11.7. The molecule has 0 aromatic carbocycles. The average molecular weight is 338 g/mol. The molecule has 1 N–H and O–H groups in total. The highest BCUT2D eigenvalue weighted by Gasteiger charge is 2.24. The number of hydrogen-bond acceptors (Lipinski definition) is 6. The Balaban J connectivity index is 1.76. The molecule has 1 aliphatic rings. The van der Waals surface area contributed by atoms with Gasteiger partial charge in [0.2, 0.25) is 10.0 Å². The Labute approximate surface area is 134 Å². The summed E-state index contributed by atoms with van der Waals surface area (Å²) >= 11 is 1.69. The van der Waals surface area contributed by atoms with Gasteiger partial charge >= 0.3 is 0 Å². The predicted molar refractivity (Wildman–Crippen MR) is 86.8 cm³/mol. The quantitative estimate of drug-likeness (QED) is 0.920. The summed E-state index contributed by atoms with van der Waals surface area (Å²) < 4.78 is 25.7. The second-order valence-electron chi connectivity index (χ2n) is 5.22. The number of thiazole rings is 1. The van der Waals surface area contributed by atoms with Crippen molar-refractivity contribution in [2.75, 3.05) is 25.0 Å². The van der Waals surface area contributed by atoms with Crippen LogP contribution >= 0.6 is 11.3 Å². The Hall–Kier alpha value is -1.51. The third-order valence-corrected chi connectivity index (χ3v) is 6.18. The first-order valence-electron chi connectivity index (χ1n) is 7.14. The molecule has 3 rings (SSSR count). The van der Waals surface area contributed by atoms with E-state index >= 15 is 0 Å². The molecular weight excluding hydrogens is 320 g/mol. The van der Waals surface area contributed by atoms with E-state index in [9.17, 15) is 8.42 Å². The molecule has 1 fully saturated rings. The van der Waals surface area contributed by atoms with Crippen LogP contribution in [-0.4, -0.2) is 38.5 Å². The molecule has 1 aliphatic heterocycles. The Kier molecular flexibility index (Phi) is 4.42. The number of aromatic nitrogens is 2. The maximum atomic E-state index is 11.7. The molecule has 6 nitrogen and oxygen atoms in total. The van der Waals surface area contributed by atoms with Gasteiger partial charge in [0.1, 0.15) is 10.7 Å². The molecule has 1 atom stereocenters. The van der Waals surface area contributed by atoms with Gasteiger partial charge in [-0.3, -0.25) is 0 Å². The van der Waals surface area contributed by atoms with E-state index in [0.717, 1.165) is 31.7 Å². The molecule has 0 amide bonds. The third kappa shape index (κ3) is 3.13. The van der Waals surface area contributed by atoms with Crippen LogP contribution in [0.1, 0.15) is 23.8 Å². The smallest absolute Gasteiger partial charge is 0.241 e. The lowest BCUT2D eigenvalue weighted by Crippen LogP contribution is -2.35. The SMILES string of the molecule is CNS(=O)(=O)c1ccc(N2CCC[C@@H](c3nccs3)C2)nc1. The van der Waals surface area contributed by atoms with Gasteiger partial charge in [-0.25, -0.2) is 23.1 Å². The summed E-state index contributed by atoms with van der Waals surface area (Å²) in [6, 6.07) is 3.37. The lowest BCUT2D eigenvalue weighted by molar-refractivity contribution is 0.505. The number of pyridine rings is 1. The van der Waals surface area contributed by atoms with Gasteiger partial charge < -0.3 is 4.90 Å². The standard InChI is InChI=1S/C14H18N4O2S2/c1-15-22(19,20)12-4-5-13(17-9-12)18-7-2-3-11(10-18)14-16-6-8-21-14/h4-6,8-9,11,15H,2-3,7,10H2,1H3/t11-/m1/s1. The Morgan fingerprint density at radius 1 is 1.36 bits per heavy atom. The van der Waals surface area contributed by atoms with Gasteiger partial charge in [-0.15, -0.1) is 11.3 Å². The highest BCUT2D eigenvalue weighted by atomic mass is 32.2. The van der Waals surface area contributed by atoms with E-state index < -0.39 is 10.0 Å². The van der Waals surface area contributed by atoms with Crippen molar-refractivity contribution in [1.82, 2.24) is 14.7 Å². The first-order chi connectivity index (χ1) is 10.6. The molecule has 1 saturated heterocycles. The normalized spacial score (nSPS) is 19.3. The van der Waals surface area contributed by atoms with Crippen LogP contribution in [-0.2, 0) is 10.0 Å². The number of hydrogen-bond donors (Lipinski definition) is 1. The van der Waals surface area contributed by atoms with Gasteiger partial charge in [0.15, 0.2) is 0 Å². The lowest BCUT2D eigenvalue weighted by atomic mass is 9.99. The third-order valence-electron chi connectivity index (χ3n) is 3.85. The summed E-state index contributed by atoms with van der Waals surface area (Å²) in [7, 11) is -2.04. The molecule has 0 radical (unpaired) electrons. The van der Waals surface area contributed by atoms with Gasteiger partial charge in [0.05, 0.1) is 5.01 Å². The molecule has 0 saturated carbocycles. The Morgan fingerprint density at radius 2 is 2.23 bits per heavy atom. The van der Waals surface area contributed by atoms with Crippen molar-refractivity contribution >= 4 is 27.2 Å². The minimum absolute atomic E-state index is 0.187. The van der Waals surface area contributed by atoms with Crippen molar-refractivity contribution in [3.8, 4) is 0 Å². The van der Waals surface area contributed by atoms with Gasteiger partial charge in [-0.05, 0) is 32.0 Å². The summed E-state index contributed by atoms with van der Waals surface area (Å²) in [5, 5.41) is 3.17. The van der Waals surface area contributed by atoms with E-state index in [1.807, 2.05) is 11.6 Å². The van der Waals surface area contributed by atoms with E-state index in [2.05, 4.69) is 19.6 Å². The summed E-state index contributed by atoms with van der Waals surface area (Å²) in [6.07, 6.45) is 5.47. The van der Waals surface area contributed by atoms with E-state index in [1.165, 1.54) is 18.3 Å². The molecule has 0 spiro atoms. The molecule has 8 heteroatoms. The molecule has 0 unspecified atom stereocenters. The molecule has 2 aromatic rings. The van der Waals surface area contributed by atoms with Gasteiger partial charge in [-0.2, -0.15) is 0 Å². The minimum atomic E-state index is -3.43. The number of sulfonamides is 1. The zero-order chi connectivity index (χ0) is 15.6. The van der Waals surface area contributed by atoms with Crippen molar-refractivity contribution in [2.45, 2.75) is 23.7 Å². The first-order valence-corrected chi connectivity index (χ1v) is 9.50. The zero-order valence-electron chi connectivity index (χ0n) is 12.3. The van der Waals surface area contributed by atoms with E-state index in [-0.39, 0.29) is 4.90 Å². The van der Waals surface area contributed by atoms with Gasteiger partial charge in [0, 0.05) is 36.8 Å². The number of nitrogens with one attached hydrogen (secondary N) is 1. The fourth-order valence-electron chi connectivity index (χ4n) is 2.66. The van der Waals surface area contributed by atoms with Crippen LogP contribution in [0.25, 0.3) is 0 Å². The topological polar surface area (TPSA) is 75.2 Å². The van der Waals surface area contributed by atoms with Crippen molar-refractivity contribution in [1.29, 1.82) is 0 Å². The Morgan fingerprint density at radius 3 is 2.86 bits per heavy atom. The van der Waals surface area contributed by atoms with E-state index in [4.69, 9.17) is 0 Å². The first kappa shape index (κ1) is 15.4. The highest BCUT2D eigenvalue weighted by molar-refractivity contribution is 7.89. The second kappa shape index (κ2) is 6.31. The highest BCUT2D eigenvalue weighted by Crippen LogP contribution is 2.30. The van der Waals surface area contributed by atoms with Crippen molar-refractivity contribution in [3.05, 3.63) is 34.9 Å². The van der Waals surface area contributed by atoms with Crippen molar-refractivity contribution < 1.29 is 8.42 Å². The molecular formula is C14H18N4O2S2. The molecule has 0 bridgehead atoms. The molecule has 0 aliphatic carbocycles. The molecule has 118 valence electrons. The number of piperidine rings is 1. The van der Waals surface area contributed by atoms with Crippen LogP contribution in [0, 0.1) is 0 Å². The van der Waals surface area contributed by atoms with Crippen LogP contribution in [0.4, 0.5) is 5.82 Å². The number of nitrogens with zero attached hydrogens (tertiary/aromatic N) is 3. The maximum Gasteiger partial charge on any atom is 0.241 e. The summed E-state index contributed by atoms with van der Waals surface area (Å²) in [5.74, 6) is 1.24. The molecule has 3 heterocycles. The minimum Gasteiger partial charge on any atom is -0.356 e. The van der Waals surface area contributed by atoms with Crippen LogP contribution < -0.4 is 9.62 Å². The summed E-state index contributed by atoms with van der Waals surface area (Å²) in [6.45, 7) is 1.81. The fourth-order valence-corrected chi connectivity index (χ4v) is 4.10. The van der Waals surface area contributed by atoms with Gasteiger partial charge in [-0.1, -0.05) is 0 Å². The van der Waals surface area contributed by atoms with Crippen LogP contribution in [0.2, 0.25) is 0 Å². The molecule has 22 heavy (non-hydrogen) atoms. The average Bonchev–Trinajstić information content (AvgIpc) is 3.10. The Bertz CT molecular complexity index is 714. The van der Waals surface area contributed by atoms with E-state index in [0.29, 0.717) is 5.92 Å². The van der Waals surface area contributed by atoms with Crippen LogP contribution in [0.3, 0.4) is 0 Å². The zero-order valence-corrected chi connectivity index (χ0v) is 13.9. The van der Waals surface area contributed by atoms with Crippen molar-refractivity contribution in [3.63, 3.8) is 0 Å². The van der Waals surface area contributed by atoms with Gasteiger partial charge in [0.25, 0.3) is 0 Å².